The van der Waals surface area contributed by atoms with Crippen molar-refractivity contribution in [2.24, 2.45) is 0 Å². The maximum absolute atomic E-state index is 12.6. The molecular weight excluding hydrogens is 294 g/mol. The number of hydrogen-bond donors (Lipinski definition) is 1. The molecule has 118 valence electrons. The van der Waals surface area contributed by atoms with Gasteiger partial charge in [-0.05, 0) is 24.3 Å². The number of aryl methyl sites for hydroxylation is 1. The molecule has 0 aliphatic heterocycles. The average Bonchev–Trinajstić information content (AvgIpc) is 3.09. The third-order valence-electron chi connectivity index (χ3n) is 3.60. The van der Waals surface area contributed by atoms with Crippen molar-refractivity contribution < 1.29 is 9.21 Å². The van der Waals surface area contributed by atoms with E-state index < -0.39 is 0 Å². The molecule has 1 aromatic carbocycles. The molecule has 3 aromatic rings. The smallest absolute Gasteiger partial charge is 0.261 e. The fourth-order valence-corrected chi connectivity index (χ4v) is 2.45. The SMILES string of the molecule is CCc1nc2ccccc2c(=O)n1CC(=O)NCc1ccco1. The van der Waals surface area contributed by atoms with Crippen molar-refractivity contribution in [2.75, 3.05) is 0 Å². The number of nitrogens with one attached hydrogen (secondary N) is 1. The number of benzene rings is 1. The largest absolute Gasteiger partial charge is 0.467 e. The fourth-order valence-electron chi connectivity index (χ4n) is 2.45. The summed E-state index contributed by atoms with van der Waals surface area (Å²) in [6.07, 6.45) is 2.12. The van der Waals surface area contributed by atoms with Crippen LogP contribution in [0.25, 0.3) is 10.9 Å². The number of furan rings is 1. The van der Waals surface area contributed by atoms with Gasteiger partial charge in [-0.3, -0.25) is 14.2 Å². The molecule has 23 heavy (non-hydrogen) atoms. The summed E-state index contributed by atoms with van der Waals surface area (Å²) in [7, 11) is 0. The van der Waals surface area contributed by atoms with E-state index in [2.05, 4.69) is 10.3 Å². The number of carbonyl (C=O) groups excluding carboxylic acids is 1. The second kappa shape index (κ2) is 6.48. The van der Waals surface area contributed by atoms with Gasteiger partial charge in [-0.2, -0.15) is 0 Å². The first-order valence-electron chi connectivity index (χ1n) is 7.46. The topological polar surface area (TPSA) is 77.1 Å². The van der Waals surface area contributed by atoms with Gasteiger partial charge in [-0.25, -0.2) is 4.98 Å². The van der Waals surface area contributed by atoms with Crippen molar-refractivity contribution in [3.63, 3.8) is 0 Å². The predicted molar refractivity (Wildman–Crippen MR) is 85.9 cm³/mol. The van der Waals surface area contributed by atoms with Crippen molar-refractivity contribution in [3.05, 3.63) is 64.6 Å². The fraction of sp³-hybridized carbons (Fsp3) is 0.235. The summed E-state index contributed by atoms with van der Waals surface area (Å²) in [5.74, 6) is 1.01. The maximum atomic E-state index is 12.6. The van der Waals surface area contributed by atoms with Gasteiger partial charge < -0.3 is 9.73 Å². The first kappa shape index (κ1) is 15.0. The molecule has 0 aliphatic carbocycles. The van der Waals surface area contributed by atoms with E-state index in [-0.39, 0.29) is 18.0 Å². The van der Waals surface area contributed by atoms with Gasteiger partial charge in [0.05, 0.1) is 23.7 Å². The van der Waals surface area contributed by atoms with E-state index in [0.717, 1.165) is 0 Å². The van der Waals surface area contributed by atoms with Gasteiger partial charge in [-0.1, -0.05) is 19.1 Å². The molecule has 2 heterocycles. The molecule has 0 aliphatic rings. The Bertz CT molecular complexity index is 882. The molecule has 6 nitrogen and oxygen atoms in total. The highest BCUT2D eigenvalue weighted by molar-refractivity contribution is 5.79. The molecule has 0 unspecified atom stereocenters. The Balaban J connectivity index is 1.85. The van der Waals surface area contributed by atoms with Crippen LogP contribution < -0.4 is 10.9 Å². The number of nitrogens with zero attached hydrogens (tertiary/aromatic N) is 2. The lowest BCUT2D eigenvalue weighted by atomic mass is 10.2. The highest BCUT2D eigenvalue weighted by Crippen LogP contribution is 2.08. The van der Waals surface area contributed by atoms with Crippen molar-refractivity contribution in [1.82, 2.24) is 14.9 Å². The standard InChI is InChI=1S/C17H17N3O3/c1-2-15-19-14-8-4-3-7-13(14)17(22)20(15)11-16(21)18-10-12-6-5-9-23-12/h3-9H,2,10-11H2,1H3,(H,18,21). The van der Waals surface area contributed by atoms with Crippen LogP contribution in [-0.2, 0) is 24.3 Å². The van der Waals surface area contributed by atoms with E-state index in [9.17, 15) is 9.59 Å². The molecule has 0 radical (unpaired) electrons. The quantitative estimate of drug-likeness (QED) is 0.780. The molecule has 0 saturated carbocycles. The van der Waals surface area contributed by atoms with Crippen LogP contribution in [-0.4, -0.2) is 15.5 Å². The molecule has 0 bridgehead atoms. The van der Waals surface area contributed by atoms with Gasteiger partial charge in [0.25, 0.3) is 5.56 Å². The van der Waals surface area contributed by atoms with Crippen molar-refractivity contribution in [3.8, 4) is 0 Å². The van der Waals surface area contributed by atoms with E-state index in [1.807, 2.05) is 13.0 Å². The summed E-state index contributed by atoms with van der Waals surface area (Å²) < 4.78 is 6.60. The average molecular weight is 311 g/mol. The Morgan fingerprint density at radius 1 is 1.26 bits per heavy atom. The molecule has 0 spiro atoms. The third-order valence-corrected chi connectivity index (χ3v) is 3.60. The lowest BCUT2D eigenvalue weighted by Gasteiger charge is -2.12. The first-order valence-corrected chi connectivity index (χ1v) is 7.46. The Morgan fingerprint density at radius 2 is 2.09 bits per heavy atom. The zero-order valence-corrected chi connectivity index (χ0v) is 12.8. The third kappa shape index (κ3) is 3.15. The van der Waals surface area contributed by atoms with E-state index in [1.54, 1.807) is 36.6 Å². The molecule has 3 rings (SSSR count). The molecule has 0 fully saturated rings. The molecular formula is C17H17N3O3. The molecule has 0 saturated heterocycles. The highest BCUT2D eigenvalue weighted by atomic mass is 16.3. The van der Waals surface area contributed by atoms with Crippen LogP contribution in [0.15, 0.2) is 51.9 Å². The van der Waals surface area contributed by atoms with Gasteiger partial charge in [0.1, 0.15) is 18.1 Å². The summed E-state index contributed by atoms with van der Waals surface area (Å²) in [4.78, 5) is 29.2. The number of para-hydroxylation sites is 1. The van der Waals surface area contributed by atoms with Crippen LogP contribution in [0.3, 0.4) is 0 Å². The minimum Gasteiger partial charge on any atom is -0.467 e. The Morgan fingerprint density at radius 3 is 2.83 bits per heavy atom. The zero-order valence-electron chi connectivity index (χ0n) is 12.8. The molecule has 0 atom stereocenters. The number of carbonyl (C=O) groups is 1. The second-order valence-corrected chi connectivity index (χ2v) is 5.15. The predicted octanol–water partition coefficient (Wildman–Crippen LogP) is 1.87. The van der Waals surface area contributed by atoms with Crippen LogP contribution in [0.2, 0.25) is 0 Å². The summed E-state index contributed by atoms with van der Waals surface area (Å²) in [5, 5.41) is 3.26. The van der Waals surface area contributed by atoms with E-state index in [0.29, 0.717) is 35.5 Å². The van der Waals surface area contributed by atoms with Crippen molar-refractivity contribution in [1.29, 1.82) is 0 Å². The summed E-state index contributed by atoms with van der Waals surface area (Å²) in [6.45, 7) is 2.15. The lowest BCUT2D eigenvalue weighted by Crippen LogP contribution is -2.34. The maximum Gasteiger partial charge on any atom is 0.261 e. The van der Waals surface area contributed by atoms with Crippen LogP contribution in [0.5, 0.6) is 0 Å². The Hall–Kier alpha value is -2.89. The molecule has 2 aromatic heterocycles. The van der Waals surface area contributed by atoms with E-state index in [4.69, 9.17) is 4.42 Å². The van der Waals surface area contributed by atoms with Gasteiger partial charge in [0, 0.05) is 6.42 Å². The van der Waals surface area contributed by atoms with Crippen LogP contribution in [0.4, 0.5) is 0 Å². The number of fused-ring (bicyclic) bond motifs is 1. The molecule has 1 amide bonds. The number of hydrogen-bond acceptors (Lipinski definition) is 4. The zero-order chi connectivity index (χ0) is 16.2. The van der Waals surface area contributed by atoms with Gasteiger partial charge in [0.2, 0.25) is 5.91 Å². The number of rotatable bonds is 5. The minimum atomic E-state index is -0.254. The second-order valence-electron chi connectivity index (χ2n) is 5.15. The number of amides is 1. The molecule has 1 N–H and O–H groups in total. The summed E-state index contributed by atoms with van der Waals surface area (Å²) in [5.41, 5.74) is 0.460. The Labute approximate surface area is 132 Å². The van der Waals surface area contributed by atoms with Crippen molar-refractivity contribution >= 4 is 16.8 Å². The van der Waals surface area contributed by atoms with Crippen LogP contribution in [0.1, 0.15) is 18.5 Å². The van der Waals surface area contributed by atoms with E-state index >= 15 is 0 Å². The van der Waals surface area contributed by atoms with E-state index in [1.165, 1.54) is 4.57 Å². The van der Waals surface area contributed by atoms with Crippen LogP contribution >= 0.6 is 0 Å². The molecule has 6 heteroatoms. The lowest BCUT2D eigenvalue weighted by molar-refractivity contribution is -0.122. The van der Waals surface area contributed by atoms with Crippen LogP contribution in [0, 0.1) is 0 Å². The first-order chi connectivity index (χ1) is 11.2. The van der Waals surface area contributed by atoms with Gasteiger partial charge in [0.15, 0.2) is 0 Å². The minimum absolute atomic E-state index is 0.0550. The van der Waals surface area contributed by atoms with Gasteiger partial charge in [-0.15, -0.1) is 0 Å². The number of aromatic nitrogens is 2. The normalized spacial score (nSPS) is 10.8. The highest BCUT2D eigenvalue weighted by Gasteiger charge is 2.12. The summed E-state index contributed by atoms with van der Waals surface area (Å²) in [6, 6.07) is 10.7. The Kier molecular flexibility index (Phi) is 4.23. The van der Waals surface area contributed by atoms with Gasteiger partial charge >= 0.3 is 0 Å². The monoisotopic (exact) mass is 311 g/mol. The summed E-state index contributed by atoms with van der Waals surface area (Å²) >= 11 is 0. The van der Waals surface area contributed by atoms with Crippen molar-refractivity contribution in [2.45, 2.75) is 26.4 Å².